The zero-order chi connectivity index (χ0) is 17.0. The van der Waals surface area contributed by atoms with Crippen molar-refractivity contribution in [2.45, 2.75) is 24.7 Å². The van der Waals surface area contributed by atoms with E-state index in [1.54, 1.807) is 24.3 Å². The minimum atomic E-state index is -3.56. The summed E-state index contributed by atoms with van der Waals surface area (Å²) in [5.74, 6) is 0.229. The molecule has 0 amide bonds. The molecule has 0 aliphatic carbocycles. The molecular formula is C20H22O3S. The van der Waals surface area contributed by atoms with Crippen LogP contribution in [0.3, 0.4) is 0 Å². The molecule has 126 valence electrons. The van der Waals surface area contributed by atoms with Crippen LogP contribution in [0.1, 0.15) is 24.0 Å². The van der Waals surface area contributed by atoms with Crippen molar-refractivity contribution in [2.24, 2.45) is 5.92 Å². The van der Waals surface area contributed by atoms with Gasteiger partial charge in [-0.15, -0.1) is 0 Å². The molecule has 0 spiro atoms. The number of allylic oxidation sites excluding steroid dienone is 1. The number of hydrogen-bond acceptors (Lipinski definition) is 3. The monoisotopic (exact) mass is 342 g/mol. The van der Waals surface area contributed by atoms with Gasteiger partial charge < -0.3 is 4.74 Å². The lowest BCUT2D eigenvalue weighted by Crippen LogP contribution is -2.15. The summed E-state index contributed by atoms with van der Waals surface area (Å²) in [6, 6.07) is 16.3. The molecule has 0 radical (unpaired) electrons. The normalized spacial score (nSPS) is 17.0. The van der Waals surface area contributed by atoms with E-state index in [0.717, 1.165) is 24.0 Å². The molecule has 2 aromatic carbocycles. The van der Waals surface area contributed by atoms with E-state index in [2.05, 4.69) is 0 Å². The highest BCUT2D eigenvalue weighted by Crippen LogP contribution is 2.32. The largest absolute Gasteiger partial charge is 0.381 e. The fraction of sp³-hybridized carbons (Fsp3) is 0.300. The van der Waals surface area contributed by atoms with Gasteiger partial charge in [-0.3, -0.25) is 0 Å². The molecule has 1 saturated heterocycles. The van der Waals surface area contributed by atoms with Gasteiger partial charge >= 0.3 is 0 Å². The predicted octanol–water partition coefficient (Wildman–Crippen LogP) is 4.24. The van der Waals surface area contributed by atoms with E-state index in [1.807, 2.05) is 43.3 Å². The Bertz CT molecular complexity index is 817. The Kier molecular flexibility index (Phi) is 5.17. The number of aryl methyl sites for hydroxylation is 1. The van der Waals surface area contributed by atoms with E-state index < -0.39 is 9.84 Å². The SMILES string of the molecule is Cc1ccccc1/C(=C\C1CCOCC1)S(=O)(=O)c1ccccc1. The number of rotatable bonds is 4. The van der Waals surface area contributed by atoms with Crippen molar-refractivity contribution in [1.82, 2.24) is 0 Å². The predicted molar refractivity (Wildman–Crippen MR) is 96.3 cm³/mol. The molecule has 0 bridgehead atoms. The van der Waals surface area contributed by atoms with Crippen LogP contribution < -0.4 is 0 Å². The number of benzene rings is 2. The Morgan fingerprint density at radius 2 is 1.62 bits per heavy atom. The van der Waals surface area contributed by atoms with Crippen LogP contribution in [0.4, 0.5) is 0 Å². The van der Waals surface area contributed by atoms with Crippen LogP contribution in [0.15, 0.2) is 65.6 Å². The Hall–Kier alpha value is -1.91. The van der Waals surface area contributed by atoms with Crippen LogP contribution in [0.25, 0.3) is 4.91 Å². The summed E-state index contributed by atoms with van der Waals surface area (Å²) in [5.41, 5.74) is 1.75. The summed E-state index contributed by atoms with van der Waals surface area (Å²) in [4.78, 5) is 0.755. The standard InChI is InChI=1S/C20H22O3S/c1-16-7-5-6-10-19(16)20(15-17-11-13-23-14-12-17)24(21,22)18-8-3-2-4-9-18/h2-10,15,17H,11-14H2,1H3/b20-15+. The molecule has 1 heterocycles. The summed E-state index contributed by atoms with van der Waals surface area (Å²) < 4.78 is 31.9. The fourth-order valence-corrected chi connectivity index (χ4v) is 4.66. The highest BCUT2D eigenvalue weighted by Gasteiger charge is 2.25. The number of sulfone groups is 1. The summed E-state index contributed by atoms with van der Waals surface area (Å²) >= 11 is 0. The maximum absolute atomic E-state index is 13.3. The second kappa shape index (κ2) is 7.32. The Morgan fingerprint density at radius 1 is 1.00 bits per heavy atom. The van der Waals surface area contributed by atoms with Crippen molar-refractivity contribution in [1.29, 1.82) is 0 Å². The summed E-state index contributed by atoms with van der Waals surface area (Å²) in [6.45, 7) is 3.33. The van der Waals surface area contributed by atoms with Crippen LogP contribution in [-0.4, -0.2) is 21.6 Å². The highest BCUT2D eigenvalue weighted by molar-refractivity contribution is 8.00. The van der Waals surface area contributed by atoms with Crippen molar-refractivity contribution < 1.29 is 13.2 Å². The van der Waals surface area contributed by atoms with E-state index >= 15 is 0 Å². The average Bonchev–Trinajstić information content (AvgIpc) is 2.62. The van der Waals surface area contributed by atoms with Crippen molar-refractivity contribution in [2.75, 3.05) is 13.2 Å². The molecule has 0 unspecified atom stereocenters. The Balaban J connectivity index is 2.12. The van der Waals surface area contributed by atoms with Gasteiger partial charge in [-0.1, -0.05) is 48.5 Å². The van der Waals surface area contributed by atoms with Gasteiger partial charge in [0.25, 0.3) is 0 Å². The van der Waals surface area contributed by atoms with Crippen molar-refractivity contribution >= 4 is 14.7 Å². The molecule has 0 atom stereocenters. The molecule has 0 saturated carbocycles. The minimum Gasteiger partial charge on any atom is -0.381 e. The van der Waals surface area contributed by atoms with E-state index in [-0.39, 0.29) is 5.92 Å². The first-order valence-corrected chi connectivity index (χ1v) is 9.73. The molecule has 3 nitrogen and oxygen atoms in total. The first-order chi connectivity index (χ1) is 11.6. The smallest absolute Gasteiger partial charge is 0.206 e. The second-order valence-electron chi connectivity index (χ2n) is 6.11. The molecule has 4 heteroatoms. The minimum absolute atomic E-state index is 0.229. The first kappa shape index (κ1) is 16.9. The Labute approximate surface area is 143 Å². The number of hydrogen-bond donors (Lipinski definition) is 0. The zero-order valence-corrected chi connectivity index (χ0v) is 14.6. The molecule has 1 aliphatic rings. The van der Waals surface area contributed by atoms with Crippen LogP contribution >= 0.6 is 0 Å². The third kappa shape index (κ3) is 3.60. The lowest BCUT2D eigenvalue weighted by molar-refractivity contribution is 0.0787. The molecule has 1 aliphatic heterocycles. The van der Waals surface area contributed by atoms with Gasteiger partial charge in [0.05, 0.1) is 9.80 Å². The van der Waals surface area contributed by atoms with Crippen LogP contribution in [0.5, 0.6) is 0 Å². The van der Waals surface area contributed by atoms with Crippen molar-refractivity contribution in [3.05, 3.63) is 71.8 Å². The summed E-state index contributed by atoms with van der Waals surface area (Å²) in [5, 5.41) is 0. The van der Waals surface area contributed by atoms with Gasteiger partial charge in [-0.05, 0) is 48.9 Å². The lowest BCUT2D eigenvalue weighted by Gasteiger charge is -2.21. The van der Waals surface area contributed by atoms with Gasteiger partial charge in [-0.2, -0.15) is 0 Å². The third-order valence-electron chi connectivity index (χ3n) is 4.41. The average molecular weight is 342 g/mol. The maximum Gasteiger partial charge on any atom is 0.206 e. The zero-order valence-electron chi connectivity index (χ0n) is 13.8. The lowest BCUT2D eigenvalue weighted by atomic mass is 9.98. The van der Waals surface area contributed by atoms with Gasteiger partial charge in [0.2, 0.25) is 9.84 Å². The summed E-state index contributed by atoms with van der Waals surface area (Å²) in [7, 11) is -3.56. The summed E-state index contributed by atoms with van der Waals surface area (Å²) in [6.07, 6.45) is 3.66. The molecule has 24 heavy (non-hydrogen) atoms. The van der Waals surface area contributed by atoms with E-state index in [0.29, 0.717) is 23.0 Å². The Morgan fingerprint density at radius 3 is 2.29 bits per heavy atom. The van der Waals surface area contributed by atoms with Crippen molar-refractivity contribution in [3.8, 4) is 0 Å². The van der Waals surface area contributed by atoms with Gasteiger partial charge in [0, 0.05) is 13.2 Å². The molecule has 0 aromatic heterocycles. The number of ether oxygens (including phenoxy) is 1. The first-order valence-electron chi connectivity index (χ1n) is 8.25. The van der Waals surface area contributed by atoms with E-state index in [9.17, 15) is 8.42 Å². The van der Waals surface area contributed by atoms with E-state index in [4.69, 9.17) is 4.74 Å². The third-order valence-corrected chi connectivity index (χ3v) is 6.23. The molecule has 2 aromatic rings. The fourth-order valence-electron chi connectivity index (χ4n) is 3.00. The quantitative estimate of drug-likeness (QED) is 0.835. The van der Waals surface area contributed by atoms with Crippen LogP contribution in [0.2, 0.25) is 0 Å². The molecule has 3 rings (SSSR count). The molecular weight excluding hydrogens is 320 g/mol. The van der Waals surface area contributed by atoms with Gasteiger partial charge in [-0.25, -0.2) is 8.42 Å². The van der Waals surface area contributed by atoms with Crippen LogP contribution in [0, 0.1) is 12.8 Å². The van der Waals surface area contributed by atoms with Crippen molar-refractivity contribution in [3.63, 3.8) is 0 Å². The van der Waals surface area contributed by atoms with Gasteiger partial charge in [0.15, 0.2) is 0 Å². The molecule has 0 N–H and O–H groups in total. The second-order valence-corrected chi connectivity index (χ2v) is 8.03. The van der Waals surface area contributed by atoms with Crippen LogP contribution in [-0.2, 0) is 14.6 Å². The highest BCUT2D eigenvalue weighted by atomic mass is 32.2. The maximum atomic E-state index is 13.3. The molecule has 1 fully saturated rings. The topological polar surface area (TPSA) is 43.4 Å². The van der Waals surface area contributed by atoms with E-state index in [1.165, 1.54) is 0 Å². The van der Waals surface area contributed by atoms with Gasteiger partial charge in [0.1, 0.15) is 0 Å².